The predicted octanol–water partition coefficient (Wildman–Crippen LogP) is 2.54. The van der Waals surface area contributed by atoms with Gasteiger partial charge < -0.3 is 16.3 Å². The number of hydrogen-bond donors (Lipinski definition) is 3. The molecule has 0 spiro atoms. The van der Waals surface area contributed by atoms with Gasteiger partial charge in [0, 0.05) is 5.02 Å². The molecule has 6 heteroatoms. The summed E-state index contributed by atoms with van der Waals surface area (Å²) in [7, 11) is 0. The highest BCUT2D eigenvalue weighted by atomic mass is 35.5. The number of carbonyl (C=O) groups excluding carboxylic acids is 1. The summed E-state index contributed by atoms with van der Waals surface area (Å²) in [6.45, 7) is 5.51. The van der Waals surface area contributed by atoms with E-state index in [0.29, 0.717) is 5.02 Å². The highest BCUT2D eigenvalue weighted by Gasteiger charge is 2.28. The van der Waals surface area contributed by atoms with Gasteiger partial charge in [0.15, 0.2) is 5.84 Å². The molecule has 1 aromatic rings. The van der Waals surface area contributed by atoms with E-state index in [2.05, 4.69) is 10.5 Å². The van der Waals surface area contributed by atoms with Crippen molar-refractivity contribution in [3.05, 3.63) is 34.9 Å². The third-order valence-electron chi connectivity index (χ3n) is 3.11. The standard InChI is InChI=1S/C14H20ClN3O2/c1-8(2)12(13(16)18-20)14(19)17-9(3)10-6-4-5-7-11(10)15/h4-9,12,20H,1-3H3,(H2,16,18)(H,17,19). The first-order chi connectivity index (χ1) is 9.38. The molecule has 0 aliphatic carbocycles. The van der Waals surface area contributed by atoms with E-state index in [1.54, 1.807) is 6.07 Å². The quantitative estimate of drug-likeness (QED) is 0.338. The Hall–Kier alpha value is -1.75. The van der Waals surface area contributed by atoms with Crippen molar-refractivity contribution in [1.82, 2.24) is 5.32 Å². The Bertz CT molecular complexity index is 503. The highest BCUT2D eigenvalue weighted by Crippen LogP contribution is 2.23. The average Bonchev–Trinajstić information content (AvgIpc) is 2.38. The van der Waals surface area contributed by atoms with Gasteiger partial charge in [0.1, 0.15) is 5.92 Å². The molecular weight excluding hydrogens is 278 g/mol. The van der Waals surface area contributed by atoms with E-state index in [1.165, 1.54) is 0 Å². The summed E-state index contributed by atoms with van der Waals surface area (Å²) in [6.07, 6.45) is 0. The van der Waals surface area contributed by atoms with Crippen LogP contribution in [0.4, 0.5) is 0 Å². The van der Waals surface area contributed by atoms with E-state index in [-0.39, 0.29) is 23.7 Å². The summed E-state index contributed by atoms with van der Waals surface area (Å²) in [5.41, 5.74) is 6.40. The highest BCUT2D eigenvalue weighted by molar-refractivity contribution is 6.31. The zero-order chi connectivity index (χ0) is 15.3. The van der Waals surface area contributed by atoms with Crippen LogP contribution >= 0.6 is 11.6 Å². The maximum absolute atomic E-state index is 12.3. The second-order valence-electron chi connectivity index (χ2n) is 5.00. The topological polar surface area (TPSA) is 87.7 Å². The molecule has 0 saturated heterocycles. The molecule has 20 heavy (non-hydrogen) atoms. The summed E-state index contributed by atoms with van der Waals surface area (Å²) >= 11 is 6.09. The predicted molar refractivity (Wildman–Crippen MR) is 79.7 cm³/mol. The fourth-order valence-electron chi connectivity index (χ4n) is 2.05. The van der Waals surface area contributed by atoms with Gasteiger partial charge in [-0.2, -0.15) is 0 Å². The number of nitrogens with zero attached hydrogens (tertiary/aromatic N) is 1. The normalized spacial score (nSPS) is 14.9. The molecule has 0 heterocycles. The summed E-state index contributed by atoms with van der Waals surface area (Å²) in [4.78, 5) is 12.3. The minimum atomic E-state index is -0.676. The molecule has 2 unspecified atom stereocenters. The molecule has 1 rings (SSSR count). The van der Waals surface area contributed by atoms with Crippen LogP contribution in [0, 0.1) is 11.8 Å². The maximum Gasteiger partial charge on any atom is 0.231 e. The first kappa shape index (κ1) is 16.3. The Kier molecular flexibility index (Phi) is 5.82. The Morgan fingerprint density at radius 1 is 1.35 bits per heavy atom. The van der Waals surface area contributed by atoms with Gasteiger partial charge >= 0.3 is 0 Å². The lowest BCUT2D eigenvalue weighted by atomic mass is 9.93. The van der Waals surface area contributed by atoms with Crippen LogP contribution in [0.3, 0.4) is 0 Å². The van der Waals surface area contributed by atoms with Crippen LogP contribution in [-0.2, 0) is 4.79 Å². The molecule has 0 aliphatic rings. The van der Waals surface area contributed by atoms with Gasteiger partial charge in [-0.15, -0.1) is 0 Å². The first-order valence-corrected chi connectivity index (χ1v) is 6.78. The molecule has 0 bridgehead atoms. The molecule has 0 aliphatic heterocycles. The van der Waals surface area contributed by atoms with E-state index in [1.807, 2.05) is 39.0 Å². The number of rotatable bonds is 5. The monoisotopic (exact) mass is 297 g/mol. The van der Waals surface area contributed by atoms with Crippen LogP contribution in [-0.4, -0.2) is 17.0 Å². The third-order valence-corrected chi connectivity index (χ3v) is 3.46. The average molecular weight is 298 g/mol. The largest absolute Gasteiger partial charge is 0.409 e. The lowest BCUT2D eigenvalue weighted by molar-refractivity contribution is -0.124. The first-order valence-electron chi connectivity index (χ1n) is 6.40. The van der Waals surface area contributed by atoms with Crippen LogP contribution < -0.4 is 11.1 Å². The lowest BCUT2D eigenvalue weighted by Gasteiger charge is -2.22. The molecule has 110 valence electrons. The molecule has 0 aromatic heterocycles. The van der Waals surface area contributed by atoms with Crippen molar-refractivity contribution >= 4 is 23.3 Å². The number of halogens is 1. The Labute approximate surface area is 123 Å². The Morgan fingerprint density at radius 2 is 1.95 bits per heavy atom. The number of hydrogen-bond acceptors (Lipinski definition) is 3. The van der Waals surface area contributed by atoms with Crippen LogP contribution in [0.25, 0.3) is 0 Å². The molecule has 0 fully saturated rings. The van der Waals surface area contributed by atoms with Gasteiger partial charge in [0.2, 0.25) is 5.91 Å². The second kappa shape index (κ2) is 7.14. The minimum absolute atomic E-state index is 0.0793. The SMILES string of the molecule is CC(NC(=O)C(C(N)=NO)C(C)C)c1ccccc1Cl. The van der Waals surface area contributed by atoms with Crippen molar-refractivity contribution in [2.75, 3.05) is 0 Å². The van der Waals surface area contributed by atoms with E-state index >= 15 is 0 Å². The maximum atomic E-state index is 12.3. The van der Waals surface area contributed by atoms with Crippen molar-refractivity contribution in [2.45, 2.75) is 26.8 Å². The molecule has 5 nitrogen and oxygen atoms in total. The number of nitrogens with two attached hydrogens (primary N) is 1. The van der Waals surface area contributed by atoms with Crippen molar-refractivity contribution < 1.29 is 10.0 Å². The molecule has 4 N–H and O–H groups in total. The molecule has 1 amide bonds. The van der Waals surface area contributed by atoms with Crippen LogP contribution in [0.2, 0.25) is 5.02 Å². The van der Waals surface area contributed by atoms with Gasteiger partial charge in [-0.1, -0.05) is 48.8 Å². The number of amidine groups is 1. The number of amides is 1. The molecule has 1 aromatic carbocycles. The number of carbonyl (C=O) groups is 1. The number of oxime groups is 1. The summed E-state index contributed by atoms with van der Waals surface area (Å²) in [5.74, 6) is -1.14. The zero-order valence-corrected chi connectivity index (χ0v) is 12.6. The van der Waals surface area contributed by atoms with Gasteiger partial charge in [-0.25, -0.2) is 0 Å². The zero-order valence-electron chi connectivity index (χ0n) is 11.8. The summed E-state index contributed by atoms with van der Waals surface area (Å²) in [5, 5.41) is 15.1. The van der Waals surface area contributed by atoms with E-state index < -0.39 is 5.92 Å². The van der Waals surface area contributed by atoms with Gasteiger partial charge in [0.05, 0.1) is 6.04 Å². The molecule has 0 saturated carbocycles. The van der Waals surface area contributed by atoms with Crippen molar-refractivity contribution in [3.8, 4) is 0 Å². The Balaban J connectivity index is 2.86. The number of nitrogens with one attached hydrogen (secondary N) is 1. The van der Waals surface area contributed by atoms with Crippen LogP contribution in [0.15, 0.2) is 29.4 Å². The van der Waals surface area contributed by atoms with Crippen LogP contribution in [0.5, 0.6) is 0 Å². The van der Waals surface area contributed by atoms with E-state index in [4.69, 9.17) is 22.5 Å². The molecule has 0 radical (unpaired) electrons. The van der Waals surface area contributed by atoms with Crippen molar-refractivity contribution in [3.63, 3.8) is 0 Å². The van der Waals surface area contributed by atoms with Gasteiger partial charge in [-0.05, 0) is 24.5 Å². The van der Waals surface area contributed by atoms with Crippen molar-refractivity contribution in [1.29, 1.82) is 0 Å². The van der Waals surface area contributed by atoms with Crippen LogP contribution in [0.1, 0.15) is 32.4 Å². The van der Waals surface area contributed by atoms with Gasteiger partial charge in [-0.3, -0.25) is 4.79 Å². The molecular formula is C14H20ClN3O2. The third kappa shape index (κ3) is 3.87. The smallest absolute Gasteiger partial charge is 0.231 e. The minimum Gasteiger partial charge on any atom is -0.409 e. The lowest BCUT2D eigenvalue weighted by Crippen LogP contribution is -2.42. The van der Waals surface area contributed by atoms with Gasteiger partial charge in [0.25, 0.3) is 0 Å². The fourth-order valence-corrected chi connectivity index (χ4v) is 2.35. The summed E-state index contributed by atoms with van der Waals surface area (Å²) < 4.78 is 0. The van der Waals surface area contributed by atoms with E-state index in [0.717, 1.165) is 5.56 Å². The fraction of sp³-hybridized carbons (Fsp3) is 0.429. The van der Waals surface area contributed by atoms with E-state index in [9.17, 15) is 4.79 Å². The molecule has 2 atom stereocenters. The Morgan fingerprint density at radius 3 is 2.45 bits per heavy atom. The number of benzene rings is 1. The van der Waals surface area contributed by atoms with Crippen molar-refractivity contribution in [2.24, 2.45) is 22.7 Å². The summed E-state index contributed by atoms with van der Waals surface area (Å²) in [6, 6.07) is 7.04. The second-order valence-corrected chi connectivity index (χ2v) is 5.41.